The van der Waals surface area contributed by atoms with Crippen LogP contribution in [-0.4, -0.2) is 48.7 Å². The Morgan fingerprint density at radius 2 is 1.70 bits per heavy atom. The first kappa shape index (κ1) is 23.2. The number of nitrogens with one attached hydrogen (secondary N) is 1. The van der Waals surface area contributed by atoms with Crippen molar-refractivity contribution in [1.82, 2.24) is 10.2 Å². The van der Waals surface area contributed by atoms with Crippen LogP contribution in [-0.2, 0) is 25.6 Å². The van der Waals surface area contributed by atoms with Crippen LogP contribution >= 0.6 is 0 Å². The predicted molar refractivity (Wildman–Crippen MR) is 126 cm³/mol. The van der Waals surface area contributed by atoms with Crippen molar-refractivity contribution in [3.8, 4) is 0 Å². The van der Waals surface area contributed by atoms with E-state index in [4.69, 9.17) is 9.47 Å². The van der Waals surface area contributed by atoms with Gasteiger partial charge in [-0.05, 0) is 17.5 Å². The summed E-state index contributed by atoms with van der Waals surface area (Å²) in [5.41, 5.74) is 1.95. The molecule has 1 saturated heterocycles. The summed E-state index contributed by atoms with van der Waals surface area (Å²) in [4.78, 5) is 28.6. The van der Waals surface area contributed by atoms with Crippen LogP contribution in [0.3, 0.4) is 0 Å². The number of methoxy groups -OCH3 is 1. The van der Waals surface area contributed by atoms with Crippen LogP contribution in [0.5, 0.6) is 0 Å². The maximum absolute atomic E-state index is 13.6. The number of hydrogen-bond donors (Lipinski definition) is 1. The van der Waals surface area contributed by atoms with E-state index in [-0.39, 0.29) is 30.1 Å². The summed E-state index contributed by atoms with van der Waals surface area (Å²) in [6, 6.07) is 18.9. The van der Waals surface area contributed by atoms with Gasteiger partial charge in [0.2, 0.25) is 5.91 Å². The van der Waals surface area contributed by atoms with Crippen molar-refractivity contribution in [2.75, 3.05) is 13.7 Å². The van der Waals surface area contributed by atoms with Gasteiger partial charge in [-0.2, -0.15) is 0 Å². The van der Waals surface area contributed by atoms with Gasteiger partial charge < -0.3 is 14.8 Å². The second-order valence-electron chi connectivity index (χ2n) is 8.61. The molecule has 1 amide bonds. The summed E-state index contributed by atoms with van der Waals surface area (Å²) in [6.07, 6.45) is 5.23. The molecule has 0 spiro atoms. The van der Waals surface area contributed by atoms with Gasteiger partial charge in [0, 0.05) is 13.1 Å². The van der Waals surface area contributed by atoms with Gasteiger partial charge >= 0.3 is 5.97 Å². The van der Waals surface area contributed by atoms with Crippen molar-refractivity contribution >= 4 is 11.9 Å². The summed E-state index contributed by atoms with van der Waals surface area (Å²) in [5.74, 6) is -0.877. The molecule has 2 aliphatic rings. The molecule has 0 radical (unpaired) electrons. The molecule has 2 aliphatic heterocycles. The van der Waals surface area contributed by atoms with Gasteiger partial charge in [0.1, 0.15) is 12.0 Å². The van der Waals surface area contributed by atoms with Crippen LogP contribution in [0, 0.1) is 5.92 Å². The third kappa shape index (κ3) is 5.02. The van der Waals surface area contributed by atoms with Crippen molar-refractivity contribution in [2.45, 2.75) is 50.6 Å². The number of fused-ring (bicyclic) bond motifs is 2. The van der Waals surface area contributed by atoms with E-state index in [2.05, 4.69) is 17.1 Å². The third-order valence-electron chi connectivity index (χ3n) is 6.45. The molecule has 1 N–H and O–H groups in total. The Balaban J connectivity index is 1.76. The Bertz CT molecular complexity index is 963. The molecule has 5 atom stereocenters. The number of esters is 1. The molecule has 2 bridgehead atoms. The third-order valence-corrected chi connectivity index (χ3v) is 6.45. The van der Waals surface area contributed by atoms with E-state index < -0.39 is 12.0 Å². The number of unbranched alkanes of at least 4 members (excludes halogenated alkanes) is 1. The van der Waals surface area contributed by atoms with Gasteiger partial charge in [-0.25, -0.2) is 0 Å². The normalized spacial score (nSPS) is 24.1. The first-order chi connectivity index (χ1) is 16.1. The van der Waals surface area contributed by atoms with Crippen LogP contribution in [0.1, 0.15) is 36.9 Å². The lowest BCUT2D eigenvalue weighted by Crippen LogP contribution is -2.53. The van der Waals surface area contributed by atoms with Crippen molar-refractivity contribution in [1.29, 1.82) is 0 Å². The van der Waals surface area contributed by atoms with Crippen molar-refractivity contribution < 1.29 is 19.1 Å². The molecule has 2 aromatic carbocycles. The average molecular weight is 449 g/mol. The lowest BCUT2D eigenvalue weighted by atomic mass is 9.85. The van der Waals surface area contributed by atoms with Gasteiger partial charge in [-0.3, -0.25) is 14.5 Å². The molecule has 2 heterocycles. The summed E-state index contributed by atoms with van der Waals surface area (Å²) < 4.78 is 11.3. The first-order valence-corrected chi connectivity index (χ1v) is 11.7. The lowest BCUT2D eigenvalue weighted by Gasteiger charge is -2.40. The van der Waals surface area contributed by atoms with Crippen LogP contribution in [0.25, 0.3) is 0 Å². The van der Waals surface area contributed by atoms with Crippen LogP contribution in [0.15, 0.2) is 72.8 Å². The Labute approximate surface area is 195 Å². The van der Waals surface area contributed by atoms with E-state index in [9.17, 15) is 9.59 Å². The first-order valence-electron chi connectivity index (χ1n) is 11.7. The minimum absolute atomic E-state index is 0.0686. The molecule has 4 rings (SSSR count). The second kappa shape index (κ2) is 10.8. The Kier molecular flexibility index (Phi) is 7.57. The number of amides is 1. The van der Waals surface area contributed by atoms with Gasteiger partial charge in [-0.15, -0.1) is 0 Å². The van der Waals surface area contributed by atoms with Crippen LogP contribution < -0.4 is 5.32 Å². The molecule has 1 unspecified atom stereocenters. The van der Waals surface area contributed by atoms with E-state index in [1.165, 1.54) is 7.11 Å². The van der Waals surface area contributed by atoms with E-state index in [0.717, 1.165) is 24.0 Å². The SMILES string of the molecule is CCCCNC(=O)C(c1ccccc1)N(Cc1ccccc1)[C@H]1[C@H](C(=O)OC)[C@H]2C=C[C@@H]1O2. The number of carbonyl (C=O) groups is 2. The maximum atomic E-state index is 13.6. The zero-order valence-corrected chi connectivity index (χ0v) is 19.2. The highest BCUT2D eigenvalue weighted by molar-refractivity contribution is 5.83. The quantitative estimate of drug-likeness (QED) is 0.341. The minimum atomic E-state index is -0.572. The molecule has 1 fully saturated rings. The Morgan fingerprint density at radius 3 is 2.36 bits per heavy atom. The topological polar surface area (TPSA) is 67.9 Å². The molecule has 2 aromatic rings. The fraction of sp³-hybridized carbons (Fsp3) is 0.407. The number of ether oxygens (including phenoxy) is 2. The van der Waals surface area contributed by atoms with E-state index in [0.29, 0.717) is 13.1 Å². The standard InChI is InChI=1S/C27H32N2O4/c1-3-4-17-28-26(30)24(20-13-9-6-10-14-20)29(18-19-11-7-5-8-12-19)25-22-16-15-21(33-22)23(25)27(31)32-2/h5-16,21-25H,3-4,17-18H2,1-2H3,(H,28,30)/t21-,22+,23-,24?,25-/m1/s1. The fourth-order valence-corrected chi connectivity index (χ4v) is 4.87. The predicted octanol–water partition coefficient (Wildman–Crippen LogP) is 3.64. The highest BCUT2D eigenvalue weighted by Crippen LogP contribution is 2.42. The number of benzene rings is 2. The zero-order valence-electron chi connectivity index (χ0n) is 19.2. The van der Waals surface area contributed by atoms with E-state index in [1.807, 2.05) is 72.8 Å². The summed E-state index contributed by atoms with van der Waals surface area (Å²) in [6.45, 7) is 3.22. The number of nitrogens with zero attached hydrogens (tertiary/aromatic N) is 1. The monoisotopic (exact) mass is 448 g/mol. The highest BCUT2D eigenvalue weighted by Gasteiger charge is 2.54. The van der Waals surface area contributed by atoms with Gasteiger partial charge in [0.05, 0.1) is 25.4 Å². The smallest absolute Gasteiger partial charge is 0.313 e. The molecule has 174 valence electrons. The average Bonchev–Trinajstić information content (AvgIpc) is 3.47. The van der Waals surface area contributed by atoms with E-state index >= 15 is 0 Å². The molecular weight excluding hydrogens is 416 g/mol. The summed E-state index contributed by atoms with van der Waals surface area (Å²) in [7, 11) is 1.41. The highest BCUT2D eigenvalue weighted by atomic mass is 16.5. The Morgan fingerprint density at radius 1 is 1.03 bits per heavy atom. The van der Waals surface area contributed by atoms with E-state index in [1.54, 1.807) is 0 Å². The summed E-state index contributed by atoms with van der Waals surface area (Å²) >= 11 is 0. The Hall–Kier alpha value is -2.96. The molecule has 6 heteroatoms. The number of carbonyl (C=O) groups excluding carboxylic acids is 2. The molecule has 0 aromatic heterocycles. The van der Waals surface area contributed by atoms with Crippen molar-refractivity contribution in [3.05, 3.63) is 83.9 Å². The number of rotatable bonds is 10. The second-order valence-corrected chi connectivity index (χ2v) is 8.61. The van der Waals surface area contributed by atoms with Gasteiger partial charge in [-0.1, -0.05) is 86.2 Å². The summed E-state index contributed by atoms with van der Waals surface area (Å²) in [5, 5.41) is 3.12. The number of hydrogen-bond acceptors (Lipinski definition) is 5. The lowest BCUT2D eigenvalue weighted by molar-refractivity contribution is -0.149. The molecule has 0 saturated carbocycles. The van der Waals surface area contributed by atoms with Crippen molar-refractivity contribution in [2.24, 2.45) is 5.92 Å². The van der Waals surface area contributed by atoms with Crippen LogP contribution in [0.2, 0.25) is 0 Å². The minimum Gasteiger partial charge on any atom is -0.469 e. The molecule has 33 heavy (non-hydrogen) atoms. The van der Waals surface area contributed by atoms with Gasteiger partial charge in [0.15, 0.2) is 0 Å². The maximum Gasteiger partial charge on any atom is 0.313 e. The van der Waals surface area contributed by atoms with Crippen molar-refractivity contribution in [3.63, 3.8) is 0 Å². The molecule has 0 aliphatic carbocycles. The zero-order chi connectivity index (χ0) is 23.2. The molecule has 6 nitrogen and oxygen atoms in total. The fourth-order valence-electron chi connectivity index (χ4n) is 4.87. The molecular formula is C27H32N2O4. The van der Waals surface area contributed by atoms with Crippen LogP contribution in [0.4, 0.5) is 0 Å². The largest absolute Gasteiger partial charge is 0.469 e. The van der Waals surface area contributed by atoms with Gasteiger partial charge in [0.25, 0.3) is 0 Å².